The van der Waals surface area contributed by atoms with E-state index in [9.17, 15) is 14.4 Å². The summed E-state index contributed by atoms with van der Waals surface area (Å²) in [6, 6.07) is 10.0. The largest absolute Gasteiger partial charge is 0.493 e. The summed E-state index contributed by atoms with van der Waals surface area (Å²) in [7, 11) is 1.43. The van der Waals surface area contributed by atoms with Crippen molar-refractivity contribution >= 4 is 44.7 Å². The van der Waals surface area contributed by atoms with Crippen molar-refractivity contribution < 1.29 is 23.5 Å². The van der Waals surface area contributed by atoms with E-state index in [4.69, 9.17) is 13.9 Å². The molecule has 0 amide bonds. The van der Waals surface area contributed by atoms with Crippen molar-refractivity contribution in [1.82, 2.24) is 4.57 Å². The molecule has 0 spiro atoms. The van der Waals surface area contributed by atoms with Crippen LogP contribution in [-0.4, -0.2) is 23.6 Å². The van der Waals surface area contributed by atoms with Crippen LogP contribution >= 0.6 is 0 Å². The van der Waals surface area contributed by atoms with Gasteiger partial charge in [-0.3, -0.25) is 14.2 Å². The van der Waals surface area contributed by atoms with E-state index in [0.717, 1.165) is 0 Å². The van der Waals surface area contributed by atoms with Gasteiger partial charge in [0, 0.05) is 30.7 Å². The number of hydrogen-bond acceptors (Lipinski definition) is 6. The van der Waals surface area contributed by atoms with Gasteiger partial charge in [-0.25, -0.2) is 4.79 Å². The van der Waals surface area contributed by atoms with E-state index in [1.165, 1.54) is 31.6 Å². The fraction of sp³-hybridized carbons (Fsp3) is 0.150. The van der Waals surface area contributed by atoms with E-state index in [0.29, 0.717) is 27.2 Å². The number of rotatable bonds is 2. The third-order valence-electron chi connectivity index (χ3n) is 4.37. The Balaban J connectivity index is 2.27. The fourth-order valence-electron chi connectivity index (χ4n) is 3.35. The number of carbonyl (C=O) groups excluding carboxylic acids is 2. The lowest BCUT2D eigenvalue weighted by molar-refractivity contribution is -0.132. The van der Waals surface area contributed by atoms with Crippen molar-refractivity contribution in [1.29, 1.82) is 0 Å². The number of benzene rings is 2. The predicted molar refractivity (Wildman–Crippen MR) is 99.6 cm³/mol. The second-order valence-corrected chi connectivity index (χ2v) is 6.08. The molecule has 0 bridgehead atoms. The molecule has 0 N–H and O–H groups in total. The van der Waals surface area contributed by atoms with Crippen molar-refractivity contribution in [3.63, 3.8) is 0 Å². The van der Waals surface area contributed by atoms with E-state index >= 15 is 0 Å². The molecule has 27 heavy (non-hydrogen) atoms. The second kappa shape index (κ2) is 5.98. The normalized spacial score (nSPS) is 11.2. The summed E-state index contributed by atoms with van der Waals surface area (Å²) >= 11 is 0. The summed E-state index contributed by atoms with van der Waals surface area (Å²) < 4.78 is 17.5. The number of fused-ring (bicyclic) bond motifs is 5. The highest BCUT2D eigenvalue weighted by Gasteiger charge is 2.22. The number of ether oxygens (including phenoxy) is 2. The third kappa shape index (κ3) is 2.47. The average Bonchev–Trinajstić information content (AvgIpc) is 2.94. The van der Waals surface area contributed by atoms with Gasteiger partial charge < -0.3 is 13.9 Å². The number of esters is 1. The molecule has 0 aliphatic carbocycles. The zero-order valence-electron chi connectivity index (χ0n) is 14.9. The molecule has 0 saturated carbocycles. The fourth-order valence-corrected chi connectivity index (χ4v) is 3.35. The maximum atomic E-state index is 12.5. The highest BCUT2D eigenvalue weighted by molar-refractivity contribution is 6.18. The van der Waals surface area contributed by atoms with Gasteiger partial charge in [0.25, 0.3) is 0 Å². The molecular formula is C20H15NO6. The van der Waals surface area contributed by atoms with Gasteiger partial charge in [0.05, 0.1) is 18.0 Å². The van der Waals surface area contributed by atoms with E-state index in [2.05, 4.69) is 0 Å². The number of methoxy groups -OCH3 is 1. The lowest BCUT2D eigenvalue weighted by Gasteiger charge is -2.09. The van der Waals surface area contributed by atoms with Crippen LogP contribution in [-0.2, 0) is 4.79 Å². The lowest BCUT2D eigenvalue weighted by Crippen LogP contribution is -2.07. The summed E-state index contributed by atoms with van der Waals surface area (Å²) in [5.41, 5.74) is 0.712. The van der Waals surface area contributed by atoms with Gasteiger partial charge >= 0.3 is 11.6 Å². The smallest absolute Gasteiger partial charge is 0.344 e. The molecule has 4 aromatic rings. The van der Waals surface area contributed by atoms with Crippen LogP contribution in [0, 0.1) is 0 Å². The molecule has 0 aliphatic heterocycles. The highest BCUT2D eigenvalue weighted by Crippen LogP contribution is 2.39. The summed E-state index contributed by atoms with van der Waals surface area (Å²) in [6.07, 6.45) is 0. The van der Waals surface area contributed by atoms with Crippen LogP contribution < -0.4 is 15.1 Å². The van der Waals surface area contributed by atoms with Crippen molar-refractivity contribution in [2.24, 2.45) is 0 Å². The molecule has 0 unspecified atom stereocenters. The van der Waals surface area contributed by atoms with Crippen LogP contribution in [0.25, 0.3) is 32.8 Å². The number of hydrogen-bond donors (Lipinski definition) is 0. The molecule has 0 radical (unpaired) electrons. The minimum absolute atomic E-state index is 0.175. The van der Waals surface area contributed by atoms with Gasteiger partial charge in [-0.05, 0) is 12.1 Å². The number of carbonyl (C=O) groups is 2. The molecule has 4 rings (SSSR count). The minimum atomic E-state index is -0.518. The Bertz CT molecular complexity index is 1310. The van der Waals surface area contributed by atoms with Gasteiger partial charge in [-0.2, -0.15) is 0 Å². The maximum absolute atomic E-state index is 12.5. The average molecular weight is 365 g/mol. The van der Waals surface area contributed by atoms with Crippen molar-refractivity contribution in [2.45, 2.75) is 13.8 Å². The zero-order valence-corrected chi connectivity index (χ0v) is 14.9. The molecule has 0 atom stereocenters. The molecule has 2 heterocycles. The van der Waals surface area contributed by atoms with Crippen molar-refractivity contribution in [3.05, 3.63) is 46.8 Å². The van der Waals surface area contributed by atoms with Gasteiger partial charge in [-0.1, -0.05) is 18.2 Å². The van der Waals surface area contributed by atoms with Gasteiger partial charge in [0.1, 0.15) is 5.52 Å². The molecule has 136 valence electrons. The molecule has 2 aromatic carbocycles. The quantitative estimate of drug-likeness (QED) is 0.399. The Morgan fingerprint density at radius 3 is 2.33 bits per heavy atom. The first-order valence-electron chi connectivity index (χ1n) is 8.19. The molecule has 2 aromatic heterocycles. The van der Waals surface area contributed by atoms with Crippen LogP contribution in [0.2, 0.25) is 0 Å². The van der Waals surface area contributed by atoms with E-state index in [1.807, 2.05) is 0 Å². The molecule has 0 aliphatic rings. The first-order chi connectivity index (χ1) is 12.9. The number of nitrogens with zero attached hydrogens (tertiary/aromatic N) is 1. The van der Waals surface area contributed by atoms with E-state index < -0.39 is 11.6 Å². The highest BCUT2D eigenvalue weighted by atomic mass is 16.6. The van der Waals surface area contributed by atoms with Crippen LogP contribution in [0.15, 0.2) is 45.6 Å². The Morgan fingerprint density at radius 2 is 1.70 bits per heavy atom. The van der Waals surface area contributed by atoms with Crippen molar-refractivity contribution in [3.8, 4) is 11.5 Å². The molecule has 0 saturated heterocycles. The summed E-state index contributed by atoms with van der Waals surface area (Å²) in [5.74, 6) is -0.325. The van der Waals surface area contributed by atoms with Crippen LogP contribution in [0.4, 0.5) is 0 Å². The van der Waals surface area contributed by atoms with Crippen LogP contribution in [0.1, 0.15) is 18.6 Å². The van der Waals surface area contributed by atoms with E-state index in [-0.39, 0.29) is 23.0 Å². The summed E-state index contributed by atoms with van der Waals surface area (Å²) in [6.45, 7) is 2.69. The monoisotopic (exact) mass is 365 g/mol. The zero-order chi connectivity index (χ0) is 19.3. The molecular weight excluding hydrogens is 350 g/mol. The standard InChI is InChI=1S/C20H15NO6/c1-10(22)21-15-9-17(26-11(2)23)16(25-3)8-14(15)19-18(21)12-6-4-5-7-13(12)20(24)27-19/h4-9H,1-3H3. The minimum Gasteiger partial charge on any atom is -0.493 e. The van der Waals surface area contributed by atoms with E-state index in [1.54, 1.807) is 30.3 Å². The first kappa shape index (κ1) is 16.8. The Hall–Kier alpha value is -3.61. The Morgan fingerprint density at radius 1 is 1.00 bits per heavy atom. The summed E-state index contributed by atoms with van der Waals surface area (Å²) in [4.78, 5) is 36.3. The summed E-state index contributed by atoms with van der Waals surface area (Å²) in [5, 5.41) is 1.49. The topological polar surface area (TPSA) is 87.7 Å². The number of aromatic nitrogens is 1. The van der Waals surface area contributed by atoms with Gasteiger partial charge in [-0.15, -0.1) is 0 Å². The van der Waals surface area contributed by atoms with Crippen LogP contribution in [0.5, 0.6) is 11.5 Å². The SMILES string of the molecule is COc1cc2c3oc(=O)c4ccccc4c3n(C(C)=O)c2cc1OC(C)=O. The third-order valence-corrected chi connectivity index (χ3v) is 4.37. The molecule has 0 fully saturated rings. The Kier molecular flexibility index (Phi) is 3.73. The van der Waals surface area contributed by atoms with Gasteiger partial charge in [0.15, 0.2) is 17.1 Å². The molecule has 7 nitrogen and oxygen atoms in total. The van der Waals surface area contributed by atoms with Crippen LogP contribution in [0.3, 0.4) is 0 Å². The first-order valence-corrected chi connectivity index (χ1v) is 8.19. The second-order valence-electron chi connectivity index (χ2n) is 6.08. The maximum Gasteiger partial charge on any atom is 0.344 e. The molecule has 7 heteroatoms. The Labute approximate surface area is 152 Å². The van der Waals surface area contributed by atoms with Gasteiger partial charge in [0.2, 0.25) is 5.91 Å². The predicted octanol–water partition coefficient (Wildman–Crippen LogP) is 3.49. The lowest BCUT2D eigenvalue weighted by atomic mass is 10.1. The van der Waals surface area contributed by atoms with Crippen molar-refractivity contribution in [2.75, 3.05) is 7.11 Å².